The highest BCUT2D eigenvalue weighted by molar-refractivity contribution is 5.91. The Balaban J connectivity index is 2.86. The molecule has 4 nitrogen and oxygen atoms in total. The van der Waals surface area contributed by atoms with E-state index in [2.05, 4.69) is 27.7 Å². The maximum absolute atomic E-state index is 12.4. The number of benzene rings is 1. The second-order valence-electron chi connectivity index (χ2n) is 6.48. The first-order valence-corrected chi connectivity index (χ1v) is 8.06. The minimum Gasteiger partial charge on any atom is -0.493 e. The van der Waals surface area contributed by atoms with Crippen LogP contribution in [0.2, 0.25) is 0 Å². The van der Waals surface area contributed by atoms with Crippen molar-refractivity contribution in [1.82, 2.24) is 4.90 Å². The molecule has 4 heteroatoms. The van der Waals surface area contributed by atoms with Gasteiger partial charge in [0.05, 0.1) is 14.2 Å². The van der Waals surface area contributed by atoms with Crippen molar-refractivity contribution in [3.8, 4) is 11.5 Å². The number of nitrogens with zero attached hydrogens (tertiary/aromatic N) is 1. The van der Waals surface area contributed by atoms with Gasteiger partial charge in [0.15, 0.2) is 11.5 Å². The van der Waals surface area contributed by atoms with Crippen LogP contribution >= 0.6 is 0 Å². The molecule has 0 aliphatic carbocycles. The maximum atomic E-state index is 12.4. The van der Waals surface area contributed by atoms with Crippen LogP contribution in [0.3, 0.4) is 0 Å². The Morgan fingerprint density at radius 2 is 1.61 bits per heavy atom. The monoisotopic (exact) mass is 319 g/mol. The highest BCUT2D eigenvalue weighted by atomic mass is 16.5. The summed E-state index contributed by atoms with van der Waals surface area (Å²) >= 11 is 0. The summed E-state index contributed by atoms with van der Waals surface area (Å²) in [7, 11) is 3.20. The van der Waals surface area contributed by atoms with E-state index in [4.69, 9.17) is 9.47 Å². The zero-order valence-electron chi connectivity index (χ0n) is 15.1. The molecule has 0 aliphatic heterocycles. The molecule has 0 fully saturated rings. The van der Waals surface area contributed by atoms with Crippen molar-refractivity contribution in [3.63, 3.8) is 0 Å². The predicted molar refractivity (Wildman–Crippen MR) is 94.8 cm³/mol. The number of amides is 1. The van der Waals surface area contributed by atoms with Crippen LogP contribution < -0.4 is 9.47 Å². The van der Waals surface area contributed by atoms with E-state index < -0.39 is 0 Å². The zero-order chi connectivity index (χ0) is 17.4. The number of hydrogen-bond acceptors (Lipinski definition) is 3. The molecule has 0 aromatic heterocycles. The van der Waals surface area contributed by atoms with Crippen molar-refractivity contribution < 1.29 is 14.3 Å². The van der Waals surface area contributed by atoms with Gasteiger partial charge in [0.25, 0.3) is 0 Å². The van der Waals surface area contributed by atoms with Gasteiger partial charge >= 0.3 is 0 Å². The average molecular weight is 319 g/mol. The fourth-order valence-electron chi connectivity index (χ4n) is 2.37. The average Bonchev–Trinajstić information content (AvgIpc) is 2.50. The number of rotatable bonds is 8. The lowest BCUT2D eigenvalue weighted by atomic mass is 10.1. The van der Waals surface area contributed by atoms with Crippen molar-refractivity contribution >= 4 is 12.0 Å². The van der Waals surface area contributed by atoms with E-state index in [0.29, 0.717) is 23.3 Å². The number of methoxy groups -OCH3 is 2. The highest BCUT2D eigenvalue weighted by Crippen LogP contribution is 2.28. The molecule has 1 rings (SSSR count). The Morgan fingerprint density at radius 1 is 1.04 bits per heavy atom. The van der Waals surface area contributed by atoms with E-state index in [1.54, 1.807) is 20.3 Å². The second kappa shape index (κ2) is 9.23. The predicted octanol–water partition coefficient (Wildman–Crippen LogP) is 3.86. The molecule has 23 heavy (non-hydrogen) atoms. The van der Waals surface area contributed by atoms with Crippen molar-refractivity contribution in [2.75, 3.05) is 27.3 Å². The molecule has 0 saturated carbocycles. The van der Waals surface area contributed by atoms with Crippen LogP contribution in [0.1, 0.15) is 33.3 Å². The molecule has 0 aliphatic rings. The molecular weight excluding hydrogens is 290 g/mol. The lowest BCUT2D eigenvalue weighted by Crippen LogP contribution is -2.35. The third-order valence-corrected chi connectivity index (χ3v) is 3.31. The zero-order valence-corrected chi connectivity index (χ0v) is 15.1. The molecule has 0 radical (unpaired) electrons. The van der Waals surface area contributed by atoms with Crippen molar-refractivity contribution in [1.29, 1.82) is 0 Å². The fourth-order valence-corrected chi connectivity index (χ4v) is 2.37. The molecule has 1 aromatic rings. The van der Waals surface area contributed by atoms with Gasteiger partial charge in [-0.15, -0.1) is 0 Å². The summed E-state index contributed by atoms with van der Waals surface area (Å²) in [6, 6.07) is 5.60. The van der Waals surface area contributed by atoms with Gasteiger partial charge in [0, 0.05) is 19.2 Å². The summed E-state index contributed by atoms with van der Waals surface area (Å²) in [6.07, 6.45) is 3.45. The van der Waals surface area contributed by atoms with Gasteiger partial charge in [-0.25, -0.2) is 0 Å². The minimum atomic E-state index is 0.0437. The van der Waals surface area contributed by atoms with Gasteiger partial charge in [-0.1, -0.05) is 33.8 Å². The standard InChI is InChI=1S/C19H29NO3/c1-14(2)12-20(13-15(3)4)19(21)10-8-16-7-9-17(22-5)18(11-16)23-6/h7-11,14-15H,12-13H2,1-6H3/b10-8+. The molecule has 0 spiro atoms. The summed E-state index contributed by atoms with van der Waals surface area (Å²) in [4.78, 5) is 14.4. The van der Waals surface area contributed by atoms with Crippen LogP contribution in [0, 0.1) is 11.8 Å². The third kappa shape index (κ3) is 6.35. The van der Waals surface area contributed by atoms with Gasteiger partial charge in [-0.3, -0.25) is 4.79 Å². The third-order valence-electron chi connectivity index (χ3n) is 3.31. The largest absolute Gasteiger partial charge is 0.493 e. The Labute approximate surface area is 140 Å². The minimum absolute atomic E-state index is 0.0437. The first-order valence-electron chi connectivity index (χ1n) is 8.06. The van der Waals surface area contributed by atoms with E-state index >= 15 is 0 Å². The summed E-state index contributed by atoms with van der Waals surface area (Å²) in [5.41, 5.74) is 0.907. The first kappa shape index (κ1) is 19.1. The quantitative estimate of drug-likeness (QED) is 0.683. The van der Waals surface area contributed by atoms with E-state index in [-0.39, 0.29) is 5.91 Å². The molecule has 0 atom stereocenters. The van der Waals surface area contributed by atoms with Crippen molar-refractivity contribution in [3.05, 3.63) is 29.8 Å². The smallest absolute Gasteiger partial charge is 0.246 e. The van der Waals surface area contributed by atoms with Crippen molar-refractivity contribution in [2.24, 2.45) is 11.8 Å². The molecule has 0 unspecified atom stereocenters. The fraction of sp³-hybridized carbons (Fsp3) is 0.526. The van der Waals surface area contributed by atoms with Crippen LogP contribution in [0.25, 0.3) is 6.08 Å². The number of ether oxygens (including phenoxy) is 2. The van der Waals surface area contributed by atoms with Crippen LogP contribution in [-0.2, 0) is 4.79 Å². The maximum Gasteiger partial charge on any atom is 0.246 e. The number of carbonyl (C=O) groups excluding carboxylic acids is 1. The molecule has 1 aromatic carbocycles. The lowest BCUT2D eigenvalue weighted by molar-refractivity contribution is -0.127. The normalized spacial score (nSPS) is 11.3. The number of hydrogen-bond donors (Lipinski definition) is 0. The van der Waals surface area contributed by atoms with Gasteiger partial charge in [-0.05, 0) is 35.6 Å². The topological polar surface area (TPSA) is 38.8 Å². The van der Waals surface area contributed by atoms with E-state index in [1.807, 2.05) is 29.2 Å². The summed E-state index contributed by atoms with van der Waals surface area (Å²) in [6.45, 7) is 10.0. The number of carbonyl (C=O) groups is 1. The van der Waals surface area contributed by atoms with Gasteiger partial charge in [0.2, 0.25) is 5.91 Å². The molecular formula is C19H29NO3. The van der Waals surface area contributed by atoms with Crippen LogP contribution in [0.15, 0.2) is 24.3 Å². The lowest BCUT2D eigenvalue weighted by Gasteiger charge is -2.25. The molecule has 0 heterocycles. The second-order valence-corrected chi connectivity index (χ2v) is 6.48. The molecule has 0 saturated heterocycles. The molecule has 1 amide bonds. The van der Waals surface area contributed by atoms with Gasteiger partial charge < -0.3 is 14.4 Å². The molecule has 0 N–H and O–H groups in total. The Hall–Kier alpha value is -1.97. The summed E-state index contributed by atoms with van der Waals surface area (Å²) < 4.78 is 10.5. The molecule has 128 valence electrons. The van der Waals surface area contributed by atoms with E-state index in [0.717, 1.165) is 18.7 Å². The summed E-state index contributed by atoms with van der Waals surface area (Å²) in [5.74, 6) is 2.28. The van der Waals surface area contributed by atoms with E-state index in [9.17, 15) is 4.79 Å². The van der Waals surface area contributed by atoms with Crippen LogP contribution in [0.4, 0.5) is 0 Å². The Morgan fingerprint density at radius 3 is 2.09 bits per heavy atom. The Bertz CT molecular complexity index is 525. The van der Waals surface area contributed by atoms with Gasteiger partial charge in [0.1, 0.15) is 0 Å². The van der Waals surface area contributed by atoms with Gasteiger partial charge in [-0.2, -0.15) is 0 Å². The van der Waals surface area contributed by atoms with Crippen molar-refractivity contribution in [2.45, 2.75) is 27.7 Å². The van der Waals surface area contributed by atoms with Crippen LogP contribution in [-0.4, -0.2) is 38.1 Å². The first-order chi connectivity index (χ1) is 10.9. The highest BCUT2D eigenvalue weighted by Gasteiger charge is 2.13. The molecule has 0 bridgehead atoms. The SMILES string of the molecule is COc1ccc(/C=C/C(=O)N(CC(C)C)CC(C)C)cc1OC. The van der Waals surface area contributed by atoms with Crippen LogP contribution in [0.5, 0.6) is 11.5 Å². The van der Waals surface area contributed by atoms with E-state index in [1.165, 1.54) is 0 Å². The Kier molecular flexibility index (Phi) is 7.66. The summed E-state index contributed by atoms with van der Waals surface area (Å²) in [5, 5.41) is 0.